The van der Waals surface area contributed by atoms with Gasteiger partial charge in [-0.05, 0) is 61.2 Å². The highest BCUT2D eigenvalue weighted by Gasteiger charge is 2.16. The second-order valence-corrected chi connectivity index (χ2v) is 8.86. The van der Waals surface area contributed by atoms with Crippen LogP contribution in [0.3, 0.4) is 0 Å². The summed E-state index contributed by atoms with van der Waals surface area (Å²) in [4.78, 5) is 17.3. The van der Waals surface area contributed by atoms with Crippen LogP contribution in [0.5, 0.6) is 16.7 Å². The predicted octanol–water partition coefficient (Wildman–Crippen LogP) is 5.82. The van der Waals surface area contributed by atoms with Crippen molar-refractivity contribution in [1.82, 2.24) is 14.7 Å². The zero-order valence-corrected chi connectivity index (χ0v) is 20.3. The van der Waals surface area contributed by atoms with Gasteiger partial charge in [-0.15, -0.1) is 0 Å². The van der Waals surface area contributed by atoms with E-state index in [1.54, 1.807) is 30.3 Å². The lowest BCUT2D eigenvalue weighted by molar-refractivity contribution is 0.0938. The van der Waals surface area contributed by atoms with Gasteiger partial charge in [0, 0.05) is 29.6 Å². The van der Waals surface area contributed by atoms with Crippen molar-refractivity contribution in [3.63, 3.8) is 0 Å². The topological polar surface area (TPSA) is 73.3 Å². The number of halogens is 1. The standard InChI is InChI=1S/C27H26FN3O3S/c1-18(8-9-19-6-4-3-5-7-19)29-26(32)21-12-15-23(33-2)24(17-21)34-27-30-25(31-35-27)16-20-10-13-22(28)14-11-20/h3-7,10-15,17-18H,8-9,16H2,1-2H3,(H,29,32). The molecule has 8 heteroatoms. The Bertz CT molecular complexity index is 1260. The fraction of sp³-hybridized carbons (Fsp3) is 0.222. The van der Waals surface area contributed by atoms with Crippen LogP contribution in [0.25, 0.3) is 0 Å². The van der Waals surface area contributed by atoms with E-state index in [-0.39, 0.29) is 17.8 Å². The van der Waals surface area contributed by atoms with Crippen LogP contribution in [-0.2, 0) is 12.8 Å². The molecule has 0 aliphatic carbocycles. The normalized spacial score (nSPS) is 11.6. The first-order chi connectivity index (χ1) is 17.0. The molecule has 4 rings (SSSR count). The summed E-state index contributed by atoms with van der Waals surface area (Å²) in [6.45, 7) is 1.99. The molecule has 1 N–H and O–H groups in total. The molecule has 6 nitrogen and oxygen atoms in total. The molecule has 0 saturated heterocycles. The predicted molar refractivity (Wildman–Crippen MR) is 134 cm³/mol. The maximum Gasteiger partial charge on any atom is 0.298 e. The molecule has 3 aromatic carbocycles. The molecule has 0 radical (unpaired) electrons. The minimum Gasteiger partial charge on any atom is -0.493 e. The van der Waals surface area contributed by atoms with Gasteiger partial charge in [0.15, 0.2) is 17.3 Å². The van der Waals surface area contributed by atoms with E-state index < -0.39 is 0 Å². The van der Waals surface area contributed by atoms with Crippen molar-refractivity contribution in [2.24, 2.45) is 0 Å². The third-order valence-corrected chi connectivity index (χ3v) is 6.07. The van der Waals surface area contributed by atoms with Crippen molar-refractivity contribution in [3.8, 4) is 16.7 Å². The van der Waals surface area contributed by atoms with Crippen LogP contribution in [0.2, 0.25) is 0 Å². The van der Waals surface area contributed by atoms with Gasteiger partial charge in [-0.2, -0.15) is 9.36 Å². The fourth-order valence-corrected chi connectivity index (χ4v) is 4.10. The van der Waals surface area contributed by atoms with Crippen molar-refractivity contribution >= 4 is 17.4 Å². The van der Waals surface area contributed by atoms with Crippen LogP contribution in [0.4, 0.5) is 4.39 Å². The quantitative estimate of drug-likeness (QED) is 0.303. The van der Waals surface area contributed by atoms with Gasteiger partial charge in [0.2, 0.25) is 0 Å². The number of hydrogen-bond acceptors (Lipinski definition) is 6. The number of amides is 1. The number of aryl methyl sites for hydroxylation is 1. The Labute approximate surface area is 207 Å². The molecule has 0 saturated carbocycles. The fourth-order valence-electron chi connectivity index (χ4n) is 3.53. The Balaban J connectivity index is 1.39. The summed E-state index contributed by atoms with van der Waals surface area (Å²) in [6, 6.07) is 21.4. The van der Waals surface area contributed by atoms with E-state index in [0.29, 0.717) is 34.5 Å². The van der Waals surface area contributed by atoms with Gasteiger partial charge in [-0.1, -0.05) is 42.5 Å². The van der Waals surface area contributed by atoms with Crippen LogP contribution >= 0.6 is 11.5 Å². The average Bonchev–Trinajstić information content (AvgIpc) is 3.31. The maximum atomic E-state index is 13.1. The van der Waals surface area contributed by atoms with Gasteiger partial charge in [-0.25, -0.2) is 4.39 Å². The number of carbonyl (C=O) groups excluding carboxylic acids is 1. The molecule has 0 bridgehead atoms. The molecular weight excluding hydrogens is 465 g/mol. The Morgan fingerprint density at radius 1 is 1.03 bits per heavy atom. The molecule has 35 heavy (non-hydrogen) atoms. The summed E-state index contributed by atoms with van der Waals surface area (Å²) >= 11 is 1.10. The first-order valence-electron chi connectivity index (χ1n) is 11.3. The minimum absolute atomic E-state index is 0.00589. The zero-order chi connectivity index (χ0) is 24.6. The van der Waals surface area contributed by atoms with Crippen molar-refractivity contribution in [2.75, 3.05) is 7.11 Å². The Morgan fingerprint density at radius 3 is 2.54 bits per heavy atom. The Morgan fingerprint density at radius 2 is 1.80 bits per heavy atom. The molecule has 0 aliphatic rings. The molecule has 1 unspecified atom stereocenters. The van der Waals surface area contributed by atoms with E-state index >= 15 is 0 Å². The molecule has 0 fully saturated rings. The summed E-state index contributed by atoms with van der Waals surface area (Å²) < 4.78 is 28.8. The first-order valence-corrected chi connectivity index (χ1v) is 12.0. The smallest absolute Gasteiger partial charge is 0.298 e. The number of aromatic nitrogens is 2. The number of nitrogens with zero attached hydrogens (tertiary/aromatic N) is 2. The maximum absolute atomic E-state index is 13.1. The SMILES string of the molecule is COc1ccc(C(=O)NC(C)CCc2ccccc2)cc1Oc1nc(Cc2ccc(F)cc2)ns1. The first kappa shape index (κ1) is 24.3. The highest BCUT2D eigenvalue weighted by atomic mass is 32.1. The van der Waals surface area contributed by atoms with Crippen molar-refractivity contribution in [2.45, 2.75) is 32.2 Å². The van der Waals surface area contributed by atoms with Gasteiger partial charge in [0.05, 0.1) is 7.11 Å². The third kappa shape index (κ3) is 6.86. The molecule has 1 heterocycles. The summed E-state index contributed by atoms with van der Waals surface area (Å²) in [7, 11) is 1.54. The van der Waals surface area contributed by atoms with E-state index in [1.165, 1.54) is 24.8 Å². The highest BCUT2D eigenvalue weighted by molar-refractivity contribution is 7.07. The van der Waals surface area contributed by atoms with E-state index in [2.05, 4.69) is 26.8 Å². The number of hydrogen-bond donors (Lipinski definition) is 1. The number of nitrogens with one attached hydrogen (secondary N) is 1. The Kier molecular flexibility index (Phi) is 8.05. The van der Waals surface area contributed by atoms with Crippen LogP contribution in [0, 0.1) is 5.82 Å². The largest absolute Gasteiger partial charge is 0.493 e. The molecular formula is C27H26FN3O3S. The van der Waals surface area contributed by atoms with Crippen LogP contribution in [0.1, 0.15) is 40.7 Å². The lowest BCUT2D eigenvalue weighted by Crippen LogP contribution is -2.32. The van der Waals surface area contributed by atoms with Crippen LogP contribution < -0.4 is 14.8 Å². The summed E-state index contributed by atoms with van der Waals surface area (Å²) in [6.07, 6.45) is 2.17. The zero-order valence-electron chi connectivity index (χ0n) is 19.5. The van der Waals surface area contributed by atoms with Gasteiger partial charge in [-0.3, -0.25) is 4.79 Å². The number of methoxy groups -OCH3 is 1. The molecule has 1 aromatic heterocycles. The van der Waals surface area contributed by atoms with Crippen molar-refractivity contribution < 1.29 is 18.7 Å². The molecule has 1 atom stereocenters. The van der Waals surface area contributed by atoms with E-state index in [4.69, 9.17) is 9.47 Å². The second kappa shape index (κ2) is 11.6. The Hall–Kier alpha value is -3.78. The van der Waals surface area contributed by atoms with E-state index in [0.717, 1.165) is 29.9 Å². The van der Waals surface area contributed by atoms with Crippen LogP contribution in [0.15, 0.2) is 72.8 Å². The lowest BCUT2D eigenvalue weighted by atomic mass is 10.1. The average molecular weight is 492 g/mol. The third-order valence-electron chi connectivity index (χ3n) is 5.43. The van der Waals surface area contributed by atoms with Crippen molar-refractivity contribution in [1.29, 1.82) is 0 Å². The number of benzene rings is 3. The lowest BCUT2D eigenvalue weighted by Gasteiger charge is -2.15. The number of ether oxygens (including phenoxy) is 2. The summed E-state index contributed by atoms with van der Waals surface area (Å²) in [5, 5.41) is 3.37. The minimum atomic E-state index is -0.286. The molecule has 4 aromatic rings. The van der Waals surface area contributed by atoms with Gasteiger partial charge in [0.1, 0.15) is 5.82 Å². The van der Waals surface area contributed by atoms with E-state index in [9.17, 15) is 9.18 Å². The van der Waals surface area contributed by atoms with Gasteiger partial charge in [0.25, 0.3) is 11.1 Å². The molecule has 180 valence electrons. The molecule has 0 spiro atoms. The monoisotopic (exact) mass is 491 g/mol. The summed E-state index contributed by atoms with van der Waals surface area (Å²) in [5.74, 6) is 0.949. The van der Waals surface area contributed by atoms with Crippen molar-refractivity contribution in [3.05, 3.63) is 101 Å². The van der Waals surface area contributed by atoms with E-state index in [1.807, 2.05) is 25.1 Å². The second-order valence-electron chi connectivity index (χ2n) is 8.15. The van der Waals surface area contributed by atoms with Gasteiger partial charge >= 0.3 is 0 Å². The number of rotatable bonds is 10. The molecule has 0 aliphatic heterocycles. The number of carbonyl (C=O) groups is 1. The summed E-state index contributed by atoms with van der Waals surface area (Å²) in [5.41, 5.74) is 2.60. The molecule has 1 amide bonds. The van der Waals surface area contributed by atoms with Crippen LogP contribution in [-0.4, -0.2) is 28.4 Å². The van der Waals surface area contributed by atoms with Gasteiger partial charge < -0.3 is 14.8 Å². The highest BCUT2D eigenvalue weighted by Crippen LogP contribution is 2.33.